The van der Waals surface area contributed by atoms with Gasteiger partial charge in [0.05, 0.1) is 0 Å². The second kappa shape index (κ2) is 65.4. The third-order valence-electron chi connectivity index (χ3n) is 14.7. The van der Waals surface area contributed by atoms with Crippen molar-refractivity contribution in [1.82, 2.24) is 0 Å². The second-order valence-corrected chi connectivity index (χ2v) is 22.4. The summed E-state index contributed by atoms with van der Waals surface area (Å²) in [5.41, 5.74) is 0. The molecule has 0 aliphatic carbocycles. The topological polar surface area (TPSA) is 78.9 Å². The highest BCUT2D eigenvalue weighted by atomic mass is 16.6. The summed E-state index contributed by atoms with van der Waals surface area (Å²) in [7, 11) is 0. The van der Waals surface area contributed by atoms with Gasteiger partial charge in [-0.15, -0.1) is 0 Å². The van der Waals surface area contributed by atoms with Gasteiger partial charge in [0.15, 0.2) is 6.10 Å². The number of ether oxygens (including phenoxy) is 3. The molecule has 0 N–H and O–H groups in total. The summed E-state index contributed by atoms with van der Waals surface area (Å²) >= 11 is 0. The fourth-order valence-corrected chi connectivity index (χ4v) is 9.58. The Hall–Kier alpha value is -3.15. The zero-order chi connectivity index (χ0) is 55.7. The first-order valence-corrected chi connectivity index (χ1v) is 33.4. The van der Waals surface area contributed by atoms with Crippen molar-refractivity contribution in [2.75, 3.05) is 13.2 Å². The van der Waals surface area contributed by atoms with Crippen LogP contribution in [0.5, 0.6) is 0 Å². The maximum Gasteiger partial charge on any atom is 0.306 e. The molecule has 1 atom stereocenters. The molecule has 0 aromatic carbocycles. The Bertz CT molecular complexity index is 1420. The van der Waals surface area contributed by atoms with Gasteiger partial charge in [-0.3, -0.25) is 14.4 Å². The predicted molar refractivity (Wildman–Crippen MR) is 335 cm³/mol. The maximum absolute atomic E-state index is 12.9. The summed E-state index contributed by atoms with van der Waals surface area (Å²) in [5, 5.41) is 0. The monoisotopic (exact) mass is 1070 g/mol. The van der Waals surface area contributed by atoms with Crippen LogP contribution in [-0.2, 0) is 28.6 Å². The van der Waals surface area contributed by atoms with E-state index in [0.717, 1.165) is 83.5 Å². The van der Waals surface area contributed by atoms with Gasteiger partial charge in [-0.25, -0.2) is 0 Å². The van der Waals surface area contributed by atoms with Crippen LogP contribution in [0.3, 0.4) is 0 Å². The van der Waals surface area contributed by atoms with Gasteiger partial charge < -0.3 is 14.2 Å². The summed E-state index contributed by atoms with van der Waals surface area (Å²) in [6.07, 6.45) is 84.9. The van der Waals surface area contributed by atoms with Crippen LogP contribution in [0.15, 0.2) is 72.9 Å². The molecule has 6 heteroatoms. The quantitative estimate of drug-likeness (QED) is 0.0261. The Kier molecular flexibility index (Phi) is 62.7. The minimum absolute atomic E-state index is 0.0793. The summed E-state index contributed by atoms with van der Waals surface area (Å²) in [5.74, 6) is -0.880. The van der Waals surface area contributed by atoms with E-state index in [1.54, 1.807) is 0 Å². The molecular weight excluding hydrogens is 949 g/mol. The summed E-state index contributed by atoms with van der Waals surface area (Å²) in [4.78, 5) is 38.3. The van der Waals surface area contributed by atoms with Crippen molar-refractivity contribution in [1.29, 1.82) is 0 Å². The van der Waals surface area contributed by atoms with Gasteiger partial charge in [0.25, 0.3) is 0 Å². The van der Waals surface area contributed by atoms with Gasteiger partial charge in [-0.05, 0) is 109 Å². The van der Waals surface area contributed by atoms with E-state index in [4.69, 9.17) is 14.2 Å². The molecule has 0 rings (SSSR count). The van der Waals surface area contributed by atoms with Gasteiger partial charge in [-0.1, -0.05) is 286 Å². The lowest BCUT2D eigenvalue weighted by molar-refractivity contribution is -0.167. The van der Waals surface area contributed by atoms with E-state index in [0.29, 0.717) is 19.3 Å². The minimum atomic E-state index is -0.782. The molecule has 0 aromatic rings. The fraction of sp³-hybridized carbons (Fsp3) is 0.789. The first-order chi connectivity index (χ1) is 38.0. The Labute approximate surface area is 478 Å². The fourth-order valence-electron chi connectivity index (χ4n) is 9.58. The van der Waals surface area contributed by atoms with Gasteiger partial charge in [0.2, 0.25) is 0 Å². The molecular formula is C71H126O6. The highest BCUT2D eigenvalue weighted by molar-refractivity contribution is 5.71. The van der Waals surface area contributed by atoms with Crippen molar-refractivity contribution < 1.29 is 28.6 Å². The van der Waals surface area contributed by atoms with E-state index in [1.165, 1.54) is 218 Å². The second-order valence-electron chi connectivity index (χ2n) is 22.4. The smallest absolute Gasteiger partial charge is 0.306 e. The summed E-state index contributed by atoms with van der Waals surface area (Å²) in [6, 6.07) is 0. The highest BCUT2D eigenvalue weighted by Crippen LogP contribution is 2.17. The van der Waals surface area contributed by atoms with Gasteiger partial charge in [0.1, 0.15) is 13.2 Å². The van der Waals surface area contributed by atoms with E-state index >= 15 is 0 Å². The van der Waals surface area contributed by atoms with Crippen molar-refractivity contribution >= 4 is 17.9 Å². The maximum atomic E-state index is 12.9. The normalized spacial score (nSPS) is 12.5. The third kappa shape index (κ3) is 63.6. The lowest BCUT2D eigenvalue weighted by atomic mass is 10.0. The average molecular weight is 1080 g/mol. The molecule has 0 aromatic heterocycles. The molecule has 0 heterocycles. The Morgan fingerprint density at radius 3 is 0.779 bits per heavy atom. The first-order valence-electron chi connectivity index (χ1n) is 33.4. The van der Waals surface area contributed by atoms with Gasteiger partial charge in [-0.2, -0.15) is 0 Å². The van der Waals surface area contributed by atoms with Crippen molar-refractivity contribution in [2.45, 2.75) is 348 Å². The standard InChI is InChI=1S/C71H126O6/c1-4-7-10-13-16-19-22-24-26-28-30-32-34-35-37-38-40-42-44-46-49-52-55-58-61-64-70(73)76-67-68(66-75-69(72)63-60-57-54-51-48-21-18-15-12-9-6-3)77-71(74)65-62-59-56-53-50-47-45-43-41-39-36-33-31-29-27-25-23-20-17-14-11-8-5-2/h15,18,22-25,28-31,34-35,68H,4-14,16-17,19-21,26-27,32-33,36-67H2,1-3H3/b18-15-,24-22-,25-23-,30-28-,31-29-,35-34-. The number of hydrogen-bond acceptors (Lipinski definition) is 6. The van der Waals surface area contributed by atoms with Crippen LogP contribution < -0.4 is 0 Å². The van der Waals surface area contributed by atoms with E-state index < -0.39 is 6.10 Å². The van der Waals surface area contributed by atoms with Crippen molar-refractivity contribution in [3.63, 3.8) is 0 Å². The van der Waals surface area contributed by atoms with Gasteiger partial charge >= 0.3 is 17.9 Å². The molecule has 1 unspecified atom stereocenters. The van der Waals surface area contributed by atoms with Gasteiger partial charge in [0, 0.05) is 19.3 Å². The molecule has 0 aliphatic rings. The lowest BCUT2D eigenvalue weighted by Crippen LogP contribution is -2.30. The molecule has 6 nitrogen and oxygen atoms in total. The van der Waals surface area contributed by atoms with Crippen molar-refractivity contribution in [2.24, 2.45) is 0 Å². The van der Waals surface area contributed by atoms with Crippen LogP contribution in [0, 0.1) is 0 Å². The molecule has 0 amide bonds. The molecule has 0 saturated carbocycles. The molecule has 77 heavy (non-hydrogen) atoms. The number of carbonyl (C=O) groups is 3. The number of allylic oxidation sites excluding steroid dienone is 12. The van der Waals surface area contributed by atoms with E-state index in [2.05, 4.69) is 93.7 Å². The summed E-state index contributed by atoms with van der Waals surface area (Å²) in [6.45, 7) is 6.61. The third-order valence-corrected chi connectivity index (χ3v) is 14.7. The number of rotatable bonds is 61. The molecule has 0 fully saturated rings. The van der Waals surface area contributed by atoms with Crippen molar-refractivity contribution in [3.8, 4) is 0 Å². The zero-order valence-electron chi connectivity index (χ0n) is 51.2. The number of unbranched alkanes of at least 4 members (excludes halogenated alkanes) is 38. The Morgan fingerprint density at radius 1 is 0.260 bits per heavy atom. The first kappa shape index (κ1) is 73.8. The predicted octanol–water partition coefficient (Wildman–Crippen LogP) is 22.9. The van der Waals surface area contributed by atoms with Crippen LogP contribution in [-0.4, -0.2) is 37.2 Å². The Balaban J connectivity index is 4.26. The zero-order valence-corrected chi connectivity index (χ0v) is 51.2. The van der Waals surface area contributed by atoms with Crippen LogP contribution in [0.1, 0.15) is 342 Å². The Morgan fingerprint density at radius 2 is 0.481 bits per heavy atom. The van der Waals surface area contributed by atoms with E-state index in [-0.39, 0.29) is 31.1 Å². The molecule has 0 bridgehead atoms. The van der Waals surface area contributed by atoms with Crippen LogP contribution >= 0.6 is 0 Å². The number of hydrogen-bond donors (Lipinski definition) is 0. The molecule has 0 aliphatic heterocycles. The largest absolute Gasteiger partial charge is 0.462 e. The number of carbonyl (C=O) groups excluding carboxylic acids is 3. The van der Waals surface area contributed by atoms with Crippen LogP contribution in [0.4, 0.5) is 0 Å². The molecule has 446 valence electrons. The van der Waals surface area contributed by atoms with Crippen LogP contribution in [0.2, 0.25) is 0 Å². The summed E-state index contributed by atoms with van der Waals surface area (Å²) < 4.78 is 16.9. The molecule has 0 spiro atoms. The lowest BCUT2D eigenvalue weighted by Gasteiger charge is -2.18. The number of esters is 3. The molecule has 0 saturated heterocycles. The average Bonchev–Trinajstić information content (AvgIpc) is 3.43. The SMILES string of the molecule is CCCC/C=C\CCCCCCCC(=O)OCC(COC(=O)CCCCCCCCCCCC/C=C\C/C=C\C/C=C\CCCCCCC)OC(=O)CCCCCCCCCCCCC/C=C\C/C=C\CCCCCCC. The van der Waals surface area contributed by atoms with Crippen molar-refractivity contribution in [3.05, 3.63) is 72.9 Å². The van der Waals surface area contributed by atoms with Crippen LogP contribution in [0.25, 0.3) is 0 Å². The van der Waals surface area contributed by atoms with E-state index in [1.807, 2.05) is 0 Å². The van der Waals surface area contributed by atoms with E-state index in [9.17, 15) is 14.4 Å². The highest BCUT2D eigenvalue weighted by Gasteiger charge is 2.19. The molecule has 0 radical (unpaired) electrons. The minimum Gasteiger partial charge on any atom is -0.462 e.